The molecule has 0 radical (unpaired) electrons. The Labute approximate surface area is 362 Å². The van der Waals surface area contributed by atoms with E-state index in [1.165, 1.54) is 25.3 Å². The molecule has 3 N–H and O–H groups in total. The summed E-state index contributed by atoms with van der Waals surface area (Å²) in [6, 6.07) is 7.66. The molecule has 0 spiro atoms. The molecule has 2 saturated carbocycles. The summed E-state index contributed by atoms with van der Waals surface area (Å²) in [7, 11) is 0. The average Bonchev–Trinajstić information content (AvgIpc) is 3.69. The van der Waals surface area contributed by atoms with Gasteiger partial charge in [0.1, 0.15) is 18.1 Å². The van der Waals surface area contributed by atoms with E-state index in [0.717, 1.165) is 75.2 Å². The summed E-state index contributed by atoms with van der Waals surface area (Å²) >= 11 is 0. The fourth-order valence-corrected chi connectivity index (χ4v) is 9.30. The summed E-state index contributed by atoms with van der Waals surface area (Å²) in [4.78, 5) is 76.0. The second-order valence-electron chi connectivity index (χ2n) is 17.4. The summed E-state index contributed by atoms with van der Waals surface area (Å²) in [6.07, 6.45) is 10.7. The molecule has 1 unspecified atom stereocenters. The Kier molecular flexibility index (Phi) is 12.4. The van der Waals surface area contributed by atoms with Crippen molar-refractivity contribution >= 4 is 41.0 Å². The molecule has 5 aliphatic rings. The van der Waals surface area contributed by atoms with Crippen LogP contribution in [0.4, 0.5) is 20.3 Å². The van der Waals surface area contributed by atoms with Gasteiger partial charge in [0.25, 0.3) is 24.1 Å². The number of aromatic nitrogens is 4. The predicted molar refractivity (Wildman–Crippen MR) is 224 cm³/mol. The molecule has 4 aromatic rings. The minimum Gasteiger partial charge on any atom is -0.444 e. The highest BCUT2D eigenvalue weighted by Gasteiger charge is 2.45. The van der Waals surface area contributed by atoms with Crippen molar-refractivity contribution < 1.29 is 41.9 Å². The van der Waals surface area contributed by atoms with E-state index >= 15 is 0 Å². The third-order valence-corrected chi connectivity index (χ3v) is 13.0. The molecule has 1 atom stereocenters. The molecule has 3 aliphatic heterocycles. The number of piperidine rings is 2. The van der Waals surface area contributed by atoms with Gasteiger partial charge >= 0.3 is 0 Å². The summed E-state index contributed by atoms with van der Waals surface area (Å²) in [5.74, 6) is -0.658. The maximum absolute atomic E-state index is 14.2. The van der Waals surface area contributed by atoms with Crippen molar-refractivity contribution in [2.75, 3.05) is 43.4 Å². The van der Waals surface area contributed by atoms with Gasteiger partial charge in [0, 0.05) is 57.2 Å². The number of amides is 5. The lowest BCUT2D eigenvalue weighted by molar-refractivity contribution is -0.136. The second-order valence-corrected chi connectivity index (χ2v) is 17.4. The number of fused-ring (bicyclic) bond motifs is 1. The van der Waals surface area contributed by atoms with E-state index in [2.05, 4.69) is 35.9 Å². The molecule has 9 rings (SSSR count). The van der Waals surface area contributed by atoms with E-state index in [9.17, 15) is 32.8 Å². The molecule has 4 fully saturated rings. The molecule has 332 valence electrons. The minimum absolute atomic E-state index is 0.0367. The van der Waals surface area contributed by atoms with Crippen LogP contribution in [0.5, 0.6) is 0 Å². The van der Waals surface area contributed by atoms with Crippen molar-refractivity contribution in [3.05, 3.63) is 77.1 Å². The normalized spacial score (nSPS) is 22.1. The number of aryl methyl sites for hydroxylation is 1. The van der Waals surface area contributed by atoms with Crippen LogP contribution in [0.3, 0.4) is 0 Å². The topological polar surface area (TPSA) is 194 Å². The largest absolute Gasteiger partial charge is 0.444 e. The van der Waals surface area contributed by atoms with Crippen molar-refractivity contribution in [1.82, 2.24) is 34.9 Å². The van der Waals surface area contributed by atoms with Gasteiger partial charge < -0.3 is 24.7 Å². The fraction of sp³-hybridized carbons (Fsp3) is 0.511. The highest BCUT2D eigenvalue weighted by Crippen LogP contribution is 2.36. The first kappa shape index (κ1) is 42.4. The van der Waals surface area contributed by atoms with Crippen LogP contribution in [-0.2, 0) is 20.7 Å². The number of carbonyl (C=O) groups excluding carboxylic acids is 5. The number of anilines is 2. The quantitative estimate of drug-likeness (QED) is 0.0856. The van der Waals surface area contributed by atoms with E-state index in [1.807, 2.05) is 6.07 Å². The van der Waals surface area contributed by atoms with E-state index in [1.54, 1.807) is 35.1 Å². The zero-order valence-electron chi connectivity index (χ0n) is 34.9. The van der Waals surface area contributed by atoms with E-state index in [-0.39, 0.29) is 47.8 Å². The Morgan fingerprint density at radius 2 is 1.76 bits per heavy atom. The van der Waals surface area contributed by atoms with Crippen molar-refractivity contribution in [3.63, 3.8) is 0 Å². The smallest absolute Gasteiger partial charge is 0.284 e. The van der Waals surface area contributed by atoms with Gasteiger partial charge in [0.15, 0.2) is 11.4 Å². The van der Waals surface area contributed by atoms with Crippen LogP contribution in [0.1, 0.15) is 126 Å². The van der Waals surface area contributed by atoms with Crippen molar-refractivity contribution in [2.24, 2.45) is 11.8 Å². The van der Waals surface area contributed by atoms with Crippen LogP contribution in [0, 0.1) is 11.8 Å². The molecular formula is C45H51F2N9O7. The number of pyridine rings is 1. The van der Waals surface area contributed by atoms with E-state index in [0.29, 0.717) is 48.2 Å². The maximum Gasteiger partial charge on any atom is 0.284 e. The standard InChI is InChI=1S/C45H51F2N9O7/c46-40(47)39-33(50-41(58)34-25-63-43(51-34)29-14-17-48-36(21-29)49-22-26-6-7-26)24-55(53-39)30-10-8-27(9-11-30)23-54-18-15-31(16-19-54)62-20-2-4-28-3-1-5-32-38(28)45(61)56(44(32)60)35-12-13-37(57)52-42(35)59/h1,3,5,14,17,21,24-27,30-31,35,40H,2,4,6-13,15-16,18-20,22-23H2,(H,48,49)(H,50,58)(H,52,57,59)/t27-,30-,35?. The predicted octanol–water partition coefficient (Wildman–Crippen LogP) is 6.19. The minimum atomic E-state index is -2.88. The third kappa shape index (κ3) is 9.56. The molecule has 2 aliphatic carbocycles. The zero-order valence-corrected chi connectivity index (χ0v) is 34.9. The SMILES string of the molecule is O=C1CCC(N2C(=O)c3cccc(CCCOC4CCN(C[C@H]5CC[C@H](n6cc(NC(=O)c7coc(-c8ccnc(NCC9CC9)c8)n7)c(C(F)F)n6)CC5)CC4)c3C2=O)C(=O)N1. The number of nitrogens with zero attached hydrogens (tertiary/aromatic N) is 6. The number of imide groups is 2. The van der Waals surface area contributed by atoms with Crippen molar-refractivity contribution in [3.8, 4) is 11.5 Å². The fourth-order valence-electron chi connectivity index (χ4n) is 9.30. The lowest BCUT2D eigenvalue weighted by Gasteiger charge is -2.36. The molecule has 18 heteroatoms. The zero-order chi connectivity index (χ0) is 43.6. The Balaban J connectivity index is 0.703. The third-order valence-electron chi connectivity index (χ3n) is 13.0. The van der Waals surface area contributed by atoms with Crippen LogP contribution in [0.15, 0.2) is 53.4 Å². The summed E-state index contributed by atoms with van der Waals surface area (Å²) in [6.45, 7) is 4.14. The van der Waals surface area contributed by atoms with Crippen LogP contribution >= 0.6 is 0 Å². The average molecular weight is 868 g/mol. The molecular weight excluding hydrogens is 817 g/mol. The van der Waals surface area contributed by atoms with E-state index in [4.69, 9.17) is 9.15 Å². The number of benzene rings is 1. The summed E-state index contributed by atoms with van der Waals surface area (Å²) < 4.78 is 41.8. The molecule has 63 heavy (non-hydrogen) atoms. The number of carbonyl (C=O) groups is 5. The van der Waals surface area contributed by atoms with E-state index < -0.39 is 47.7 Å². The number of ether oxygens (including phenoxy) is 1. The Morgan fingerprint density at radius 1 is 0.968 bits per heavy atom. The first-order valence-corrected chi connectivity index (χ1v) is 22.1. The number of nitrogens with one attached hydrogen (secondary N) is 3. The highest BCUT2D eigenvalue weighted by molar-refractivity contribution is 6.24. The lowest BCUT2D eigenvalue weighted by atomic mass is 9.85. The first-order chi connectivity index (χ1) is 30.6. The number of hydrogen-bond acceptors (Lipinski definition) is 12. The number of rotatable bonds is 16. The highest BCUT2D eigenvalue weighted by atomic mass is 19.3. The van der Waals surface area contributed by atoms with Crippen LogP contribution < -0.4 is 16.0 Å². The molecule has 1 aromatic carbocycles. The molecule has 0 bridgehead atoms. The van der Waals surface area contributed by atoms with Crippen LogP contribution in [0.25, 0.3) is 11.5 Å². The Bertz CT molecular complexity index is 2360. The lowest BCUT2D eigenvalue weighted by Crippen LogP contribution is -2.54. The van der Waals surface area contributed by atoms with Crippen molar-refractivity contribution in [2.45, 2.75) is 102 Å². The number of alkyl halides is 2. The molecule has 6 heterocycles. The summed E-state index contributed by atoms with van der Waals surface area (Å²) in [5.41, 5.74) is 1.44. The van der Waals surface area contributed by atoms with Gasteiger partial charge in [-0.05, 0) is 106 Å². The second kappa shape index (κ2) is 18.5. The number of halogens is 2. The monoisotopic (exact) mass is 867 g/mol. The maximum atomic E-state index is 14.2. The number of oxazole rings is 1. The van der Waals surface area contributed by atoms with Gasteiger partial charge in [-0.3, -0.25) is 38.9 Å². The van der Waals surface area contributed by atoms with Crippen LogP contribution in [-0.4, -0.2) is 104 Å². The Hall–Kier alpha value is -5.88. The van der Waals surface area contributed by atoms with Gasteiger partial charge in [0.05, 0.1) is 29.0 Å². The van der Waals surface area contributed by atoms with Crippen molar-refractivity contribution in [1.29, 1.82) is 0 Å². The first-order valence-electron chi connectivity index (χ1n) is 22.1. The molecule has 16 nitrogen and oxygen atoms in total. The number of hydrogen-bond donors (Lipinski definition) is 3. The molecule has 3 aromatic heterocycles. The van der Waals surface area contributed by atoms with Gasteiger partial charge in [-0.1, -0.05) is 12.1 Å². The van der Waals surface area contributed by atoms with Crippen LogP contribution in [0.2, 0.25) is 0 Å². The molecule has 5 amide bonds. The Morgan fingerprint density at radius 3 is 2.52 bits per heavy atom. The van der Waals surface area contributed by atoms with Gasteiger partial charge in [-0.25, -0.2) is 18.7 Å². The molecule has 2 saturated heterocycles. The summed E-state index contributed by atoms with van der Waals surface area (Å²) in [5, 5.41) is 12.4. The number of likely N-dealkylation sites (tertiary alicyclic amines) is 1. The van der Waals surface area contributed by atoms with Gasteiger partial charge in [-0.2, -0.15) is 5.10 Å². The van der Waals surface area contributed by atoms with Gasteiger partial charge in [-0.15, -0.1) is 0 Å². The van der Waals surface area contributed by atoms with Gasteiger partial charge in [0.2, 0.25) is 17.7 Å².